The summed E-state index contributed by atoms with van der Waals surface area (Å²) in [7, 11) is 4.06. The number of carbonyl (C=O) groups excluding carboxylic acids is 4. The molecule has 1 aromatic carbocycles. The molecule has 0 spiro atoms. The lowest BCUT2D eigenvalue weighted by Gasteiger charge is -2.38. The first-order valence-corrected chi connectivity index (χ1v) is 16.0. The third-order valence-electron chi connectivity index (χ3n) is 10.3. The van der Waals surface area contributed by atoms with Crippen molar-refractivity contribution < 1.29 is 19.2 Å². The topological polar surface area (TPSA) is 135 Å². The number of piperidine rings is 1. The van der Waals surface area contributed by atoms with E-state index < -0.39 is 23.5 Å². The van der Waals surface area contributed by atoms with Crippen LogP contribution in [-0.2, 0) is 25.7 Å². The van der Waals surface area contributed by atoms with Gasteiger partial charge in [-0.05, 0) is 73.1 Å². The molecule has 4 amide bonds. The lowest BCUT2D eigenvalue weighted by atomic mass is 9.85. The minimum Gasteiger partial charge on any atom is -0.356 e. The maximum atomic E-state index is 14.2. The number of fused-ring (bicyclic) bond motifs is 1. The summed E-state index contributed by atoms with van der Waals surface area (Å²) in [6.07, 6.45) is 1.62. The van der Waals surface area contributed by atoms with E-state index in [1.54, 1.807) is 4.90 Å². The average Bonchev–Trinajstić information content (AvgIpc) is 3.69. The molecule has 8 atom stereocenters. The van der Waals surface area contributed by atoms with E-state index in [1.165, 1.54) is 5.56 Å². The van der Waals surface area contributed by atoms with Crippen molar-refractivity contribution in [1.82, 2.24) is 25.8 Å². The third kappa shape index (κ3) is 6.35. The van der Waals surface area contributed by atoms with Crippen molar-refractivity contribution in [3.63, 3.8) is 0 Å². The summed E-state index contributed by atoms with van der Waals surface area (Å²) in [5.74, 6) is -1.08. The molecule has 10 nitrogen and oxygen atoms in total. The van der Waals surface area contributed by atoms with Crippen LogP contribution in [0.2, 0.25) is 0 Å². The molecule has 0 bridgehead atoms. The van der Waals surface area contributed by atoms with E-state index in [1.807, 2.05) is 34.9 Å². The van der Waals surface area contributed by atoms with Crippen molar-refractivity contribution in [2.45, 2.75) is 84.5 Å². The second-order valence-electron chi connectivity index (χ2n) is 15.3. The Morgan fingerprint density at radius 2 is 1.82 bits per heavy atom. The summed E-state index contributed by atoms with van der Waals surface area (Å²) in [6.45, 7) is 11.9. The smallest absolute Gasteiger partial charge is 0.246 e. The van der Waals surface area contributed by atoms with Crippen LogP contribution in [0.5, 0.6) is 0 Å². The molecule has 0 unspecified atom stereocenters. The second kappa shape index (κ2) is 11.8. The zero-order valence-corrected chi connectivity index (χ0v) is 27.1. The molecule has 2 aliphatic heterocycles. The number of nitrogens with one attached hydrogen (secondary N) is 3. The number of benzene rings is 1. The van der Waals surface area contributed by atoms with Gasteiger partial charge in [0.05, 0.1) is 6.07 Å². The van der Waals surface area contributed by atoms with E-state index in [2.05, 4.69) is 65.0 Å². The predicted molar refractivity (Wildman–Crippen MR) is 166 cm³/mol. The molecule has 5 rings (SSSR count). The second-order valence-corrected chi connectivity index (χ2v) is 15.3. The molecule has 2 saturated carbocycles. The van der Waals surface area contributed by atoms with Gasteiger partial charge in [0.15, 0.2) is 0 Å². The number of nitriles is 1. The number of amides is 4. The van der Waals surface area contributed by atoms with Crippen LogP contribution < -0.4 is 16.0 Å². The van der Waals surface area contributed by atoms with Crippen molar-refractivity contribution in [2.75, 3.05) is 27.2 Å². The molecule has 0 aromatic heterocycles. The molecule has 238 valence electrons. The molecule has 10 heteroatoms. The van der Waals surface area contributed by atoms with Crippen molar-refractivity contribution in [1.29, 1.82) is 5.26 Å². The van der Waals surface area contributed by atoms with Gasteiger partial charge >= 0.3 is 0 Å². The largest absolute Gasteiger partial charge is 0.356 e. The van der Waals surface area contributed by atoms with Crippen molar-refractivity contribution in [3.05, 3.63) is 35.4 Å². The molecule has 44 heavy (non-hydrogen) atoms. The van der Waals surface area contributed by atoms with Crippen LogP contribution in [0.4, 0.5) is 0 Å². The summed E-state index contributed by atoms with van der Waals surface area (Å²) in [6, 6.07) is 8.19. The molecule has 2 heterocycles. The fourth-order valence-corrected chi connectivity index (χ4v) is 7.52. The number of hydrogen-bond acceptors (Lipinski definition) is 6. The standard InChI is InChI=1S/C34H48N6O4/c1-33(2,3)28(38-30(42)24-15-23(24)20-10-8-19(9-11-20)17-39(6)7)32(44)40-18-25-26(34(25,4)5)27(40)31(43)37-22(16-35)14-21-12-13-36-29(21)41/h8-11,21-28H,12-15,17-18H2,1-7H3,(H,36,41)(H,37,43)(H,38,42)/t21-,22-,23-,24+,25-,26-,27-,28+/m0/s1. The molecule has 0 radical (unpaired) electrons. The Balaban J connectivity index is 1.27. The normalized spacial score (nSPS) is 29.7. The number of nitrogens with zero attached hydrogens (tertiary/aromatic N) is 3. The Hall–Kier alpha value is -3.45. The lowest BCUT2D eigenvalue weighted by Crippen LogP contribution is -2.60. The quantitative estimate of drug-likeness (QED) is 0.376. The SMILES string of the molecule is CN(C)Cc1ccc([C@@H]2C[C@H]2C(=O)N[C@H](C(=O)N2C[C@H]3[C@@H]([C@H]2C(=O)N[C@H](C#N)C[C@@H]2CCNC2=O)C3(C)C)C(C)(C)C)cc1. The van der Waals surface area contributed by atoms with Crippen molar-refractivity contribution in [2.24, 2.45) is 34.5 Å². The van der Waals surface area contributed by atoms with Crippen molar-refractivity contribution >= 4 is 23.6 Å². The van der Waals surface area contributed by atoms with Crippen LogP contribution in [0.1, 0.15) is 70.9 Å². The van der Waals surface area contributed by atoms with Gasteiger partial charge in [0.25, 0.3) is 0 Å². The van der Waals surface area contributed by atoms with E-state index in [4.69, 9.17) is 0 Å². The zero-order chi connectivity index (χ0) is 32.1. The predicted octanol–water partition coefficient (Wildman–Crippen LogP) is 2.40. The molecule has 2 aliphatic carbocycles. The maximum absolute atomic E-state index is 14.2. The van der Waals surface area contributed by atoms with E-state index in [-0.39, 0.29) is 65.1 Å². The Labute approximate surface area is 261 Å². The van der Waals surface area contributed by atoms with Gasteiger partial charge in [-0.25, -0.2) is 0 Å². The molecule has 2 saturated heterocycles. The zero-order valence-electron chi connectivity index (χ0n) is 27.1. The van der Waals surface area contributed by atoms with Gasteiger partial charge in [0.1, 0.15) is 18.1 Å². The highest BCUT2D eigenvalue weighted by Crippen LogP contribution is 2.65. The van der Waals surface area contributed by atoms with E-state index in [0.717, 1.165) is 18.5 Å². The Morgan fingerprint density at radius 1 is 1.14 bits per heavy atom. The van der Waals surface area contributed by atoms with Crippen LogP contribution in [0.25, 0.3) is 0 Å². The maximum Gasteiger partial charge on any atom is 0.246 e. The molecule has 4 fully saturated rings. The summed E-state index contributed by atoms with van der Waals surface area (Å²) >= 11 is 0. The average molecular weight is 605 g/mol. The third-order valence-corrected chi connectivity index (χ3v) is 10.3. The van der Waals surface area contributed by atoms with Crippen LogP contribution in [0.15, 0.2) is 24.3 Å². The summed E-state index contributed by atoms with van der Waals surface area (Å²) in [4.78, 5) is 57.3. The first-order chi connectivity index (χ1) is 20.6. The summed E-state index contributed by atoms with van der Waals surface area (Å²) < 4.78 is 0. The Kier molecular flexibility index (Phi) is 8.58. The lowest BCUT2D eigenvalue weighted by molar-refractivity contribution is -0.145. The number of carbonyl (C=O) groups is 4. The number of likely N-dealkylation sites (tertiary alicyclic amines) is 1. The van der Waals surface area contributed by atoms with Crippen LogP contribution in [0, 0.1) is 45.8 Å². The highest BCUT2D eigenvalue weighted by molar-refractivity contribution is 5.95. The molecule has 4 aliphatic rings. The van der Waals surface area contributed by atoms with Crippen LogP contribution in [0.3, 0.4) is 0 Å². The van der Waals surface area contributed by atoms with E-state index >= 15 is 0 Å². The highest BCUT2D eigenvalue weighted by atomic mass is 16.2. The molecular formula is C34H48N6O4. The summed E-state index contributed by atoms with van der Waals surface area (Å²) in [5, 5.41) is 18.5. The number of hydrogen-bond donors (Lipinski definition) is 3. The van der Waals surface area contributed by atoms with Crippen LogP contribution in [-0.4, -0.2) is 78.7 Å². The Bertz CT molecular complexity index is 1340. The summed E-state index contributed by atoms with van der Waals surface area (Å²) in [5.41, 5.74) is 1.66. The van der Waals surface area contributed by atoms with Gasteiger partial charge < -0.3 is 25.8 Å². The fraction of sp³-hybridized carbons (Fsp3) is 0.676. The molecular weight excluding hydrogens is 556 g/mol. The van der Waals surface area contributed by atoms with Gasteiger partial charge in [-0.3, -0.25) is 19.2 Å². The monoisotopic (exact) mass is 604 g/mol. The Morgan fingerprint density at radius 3 is 2.39 bits per heavy atom. The first-order valence-electron chi connectivity index (χ1n) is 16.0. The van der Waals surface area contributed by atoms with Gasteiger partial charge in [-0.2, -0.15) is 5.26 Å². The minimum atomic E-state index is -0.823. The molecule has 1 aromatic rings. The van der Waals surface area contributed by atoms with Gasteiger partial charge in [0, 0.05) is 31.5 Å². The van der Waals surface area contributed by atoms with Crippen LogP contribution >= 0.6 is 0 Å². The molecule has 3 N–H and O–H groups in total. The van der Waals surface area contributed by atoms with E-state index in [9.17, 15) is 24.4 Å². The highest BCUT2D eigenvalue weighted by Gasteiger charge is 2.70. The fourth-order valence-electron chi connectivity index (χ4n) is 7.52. The first kappa shape index (κ1) is 32.0. The van der Waals surface area contributed by atoms with E-state index in [0.29, 0.717) is 19.5 Å². The minimum absolute atomic E-state index is 0.0276. The van der Waals surface area contributed by atoms with Gasteiger partial charge in [0.2, 0.25) is 23.6 Å². The van der Waals surface area contributed by atoms with Gasteiger partial charge in [-0.1, -0.05) is 58.9 Å². The van der Waals surface area contributed by atoms with Crippen molar-refractivity contribution in [3.8, 4) is 6.07 Å². The van der Waals surface area contributed by atoms with Gasteiger partial charge in [-0.15, -0.1) is 0 Å². The number of rotatable bonds is 10.